The van der Waals surface area contributed by atoms with Crippen LogP contribution in [-0.2, 0) is 26.2 Å². The van der Waals surface area contributed by atoms with E-state index < -0.39 is 28.5 Å². The lowest BCUT2D eigenvalue weighted by molar-refractivity contribution is -0.139. The summed E-state index contributed by atoms with van der Waals surface area (Å²) < 4.78 is 27.5. The Kier molecular flexibility index (Phi) is 9.08. The molecule has 168 valence electrons. The number of sulfonamides is 1. The molecule has 0 radical (unpaired) electrons. The Hall–Kier alpha value is -1.91. The number of nitrogens with one attached hydrogen (secondary N) is 1. The van der Waals surface area contributed by atoms with Crippen LogP contribution in [0.2, 0.25) is 0 Å². The maximum Gasteiger partial charge on any atom is 0.244 e. The molecule has 0 aliphatic heterocycles. The van der Waals surface area contributed by atoms with Gasteiger partial charge in [0.05, 0.1) is 11.9 Å². The molecule has 2 aromatic carbocycles. The predicted molar refractivity (Wildman–Crippen MR) is 129 cm³/mol. The zero-order valence-corrected chi connectivity index (χ0v) is 21.5. The van der Waals surface area contributed by atoms with Gasteiger partial charge in [-0.1, -0.05) is 50.1 Å². The van der Waals surface area contributed by atoms with E-state index in [9.17, 15) is 18.0 Å². The molecule has 0 aliphatic carbocycles. The standard InChI is InChI=1S/C21H25Br2N3O4S/c1-4-24-21(28)15(2)25(13-16-8-10-17(22)11-9-16)20(27)14-26(31(3,29)30)19-7-5-6-18(23)12-19/h5-12,15H,4,13-14H2,1-3H3,(H,24,28)/t15-/m1/s1. The third kappa shape index (κ3) is 7.33. The zero-order chi connectivity index (χ0) is 23.2. The van der Waals surface area contributed by atoms with Gasteiger partial charge in [0.25, 0.3) is 0 Å². The largest absolute Gasteiger partial charge is 0.355 e. The number of hydrogen-bond donors (Lipinski definition) is 1. The van der Waals surface area contributed by atoms with E-state index in [-0.39, 0.29) is 12.5 Å². The van der Waals surface area contributed by atoms with Crippen LogP contribution in [-0.4, -0.2) is 50.5 Å². The minimum Gasteiger partial charge on any atom is -0.355 e. The molecule has 0 aliphatic rings. The van der Waals surface area contributed by atoms with Crippen molar-refractivity contribution in [1.82, 2.24) is 10.2 Å². The number of benzene rings is 2. The number of carbonyl (C=O) groups excluding carboxylic acids is 2. The molecular formula is C21H25Br2N3O4S. The maximum absolute atomic E-state index is 13.3. The Labute approximate surface area is 200 Å². The van der Waals surface area contributed by atoms with E-state index in [4.69, 9.17) is 0 Å². The second kappa shape index (κ2) is 11.1. The minimum atomic E-state index is -3.74. The zero-order valence-electron chi connectivity index (χ0n) is 17.5. The van der Waals surface area contributed by atoms with Gasteiger partial charge in [0.1, 0.15) is 12.6 Å². The van der Waals surface area contributed by atoms with Crippen molar-refractivity contribution in [2.45, 2.75) is 26.4 Å². The lowest BCUT2D eigenvalue weighted by Crippen LogP contribution is -2.51. The molecular weight excluding hydrogens is 550 g/mol. The molecule has 0 saturated heterocycles. The molecule has 31 heavy (non-hydrogen) atoms. The van der Waals surface area contributed by atoms with Gasteiger partial charge in [0, 0.05) is 22.0 Å². The summed E-state index contributed by atoms with van der Waals surface area (Å²) in [5.41, 5.74) is 1.18. The first-order chi connectivity index (χ1) is 14.5. The summed E-state index contributed by atoms with van der Waals surface area (Å²) in [5, 5.41) is 2.72. The highest BCUT2D eigenvalue weighted by molar-refractivity contribution is 9.10. The third-order valence-electron chi connectivity index (χ3n) is 4.56. The van der Waals surface area contributed by atoms with E-state index in [1.807, 2.05) is 24.3 Å². The van der Waals surface area contributed by atoms with Crippen molar-refractivity contribution < 1.29 is 18.0 Å². The Bertz CT molecular complexity index is 1030. The average molecular weight is 575 g/mol. The van der Waals surface area contributed by atoms with E-state index in [2.05, 4.69) is 37.2 Å². The smallest absolute Gasteiger partial charge is 0.244 e. The van der Waals surface area contributed by atoms with Gasteiger partial charge in [0.15, 0.2) is 0 Å². The van der Waals surface area contributed by atoms with Gasteiger partial charge in [0.2, 0.25) is 21.8 Å². The molecule has 0 fully saturated rings. The molecule has 0 bridgehead atoms. The van der Waals surface area contributed by atoms with Crippen molar-refractivity contribution >= 4 is 59.4 Å². The van der Waals surface area contributed by atoms with E-state index in [0.29, 0.717) is 16.7 Å². The summed E-state index contributed by atoms with van der Waals surface area (Å²) in [7, 11) is -3.74. The van der Waals surface area contributed by atoms with Gasteiger partial charge < -0.3 is 10.2 Å². The molecule has 0 spiro atoms. The van der Waals surface area contributed by atoms with E-state index in [1.165, 1.54) is 4.90 Å². The van der Waals surface area contributed by atoms with Crippen LogP contribution in [0.1, 0.15) is 19.4 Å². The monoisotopic (exact) mass is 573 g/mol. The van der Waals surface area contributed by atoms with E-state index in [1.54, 1.807) is 38.1 Å². The highest BCUT2D eigenvalue weighted by Gasteiger charge is 2.29. The number of carbonyl (C=O) groups is 2. The van der Waals surface area contributed by atoms with Crippen LogP contribution >= 0.6 is 31.9 Å². The maximum atomic E-state index is 13.3. The van der Waals surface area contributed by atoms with Crippen LogP contribution in [0.15, 0.2) is 57.5 Å². The highest BCUT2D eigenvalue weighted by atomic mass is 79.9. The first-order valence-corrected chi connectivity index (χ1v) is 13.0. The normalized spacial score (nSPS) is 12.2. The molecule has 0 unspecified atom stereocenters. The topological polar surface area (TPSA) is 86.8 Å². The van der Waals surface area contributed by atoms with Crippen molar-refractivity contribution in [2.24, 2.45) is 0 Å². The lowest BCUT2D eigenvalue weighted by Gasteiger charge is -2.31. The molecule has 1 atom stereocenters. The van der Waals surface area contributed by atoms with E-state index >= 15 is 0 Å². The Balaban J connectivity index is 2.37. The van der Waals surface area contributed by atoms with Gasteiger partial charge >= 0.3 is 0 Å². The van der Waals surface area contributed by atoms with Crippen molar-refractivity contribution in [3.63, 3.8) is 0 Å². The third-order valence-corrected chi connectivity index (χ3v) is 6.72. The van der Waals surface area contributed by atoms with Crippen LogP contribution in [0.5, 0.6) is 0 Å². The Morgan fingerprint density at radius 1 is 1.06 bits per heavy atom. The quantitative estimate of drug-likeness (QED) is 0.496. The molecule has 10 heteroatoms. The summed E-state index contributed by atoms with van der Waals surface area (Å²) in [6.07, 6.45) is 1.05. The van der Waals surface area contributed by atoms with Crippen LogP contribution in [0, 0.1) is 0 Å². The first kappa shape index (κ1) is 25.4. The average Bonchev–Trinajstić information content (AvgIpc) is 2.70. The van der Waals surface area contributed by atoms with Crippen molar-refractivity contribution in [1.29, 1.82) is 0 Å². The molecule has 1 N–H and O–H groups in total. The lowest BCUT2D eigenvalue weighted by atomic mass is 10.1. The van der Waals surface area contributed by atoms with Crippen molar-refractivity contribution in [3.05, 3.63) is 63.0 Å². The van der Waals surface area contributed by atoms with Crippen LogP contribution < -0.4 is 9.62 Å². The van der Waals surface area contributed by atoms with Crippen LogP contribution in [0.3, 0.4) is 0 Å². The van der Waals surface area contributed by atoms with Gasteiger partial charge in [-0.25, -0.2) is 8.42 Å². The predicted octanol–water partition coefficient (Wildman–Crippen LogP) is 3.53. The number of rotatable bonds is 9. The SMILES string of the molecule is CCNC(=O)[C@@H](C)N(Cc1ccc(Br)cc1)C(=O)CN(c1cccc(Br)c1)S(C)(=O)=O. The second-order valence-corrected chi connectivity index (χ2v) is 10.7. The number of halogens is 2. The minimum absolute atomic E-state index is 0.167. The first-order valence-electron chi connectivity index (χ1n) is 9.57. The van der Waals surface area contributed by atoms with Gasteiger partial charge in [-0.05, 0) is 49.7 Å². The number of nitrogens with zero attached hydrogens (tertiary/aromatic N) is 2. The van der Waals surface area contributed by atoms with Crippen LogP contribution in [0.4, 0.5) is 5.69 Å². The van der Waals surface area contributed by atoms with Crippen molar-refractivity contribution in [2.75, 3.05) is 23.7 Å². The van der Waals surface area contributed by atoms with Gasteiger partial charge in [-0.3, -0.25) is 13.9 Å². The van der Waals surface area contributed by atoms with Crippen molar-refractivity contribution in [3.8, 4) is 0 Å². The Morgan fingerprint density at radius 3 is 2.26 bits per heavy atom. The second-order valence-electron chi connectivity index (χ2n) is 6.97. The fourth-order valence-corrected chi connectivity index (χ4v) is 4.43. The summed E-state index contributed by atoms with van der Waals surface area (Å²) in [6, 6.07) is 13.3. The summed E-state index contributed by atoms with van der Waals surface area (Å²) in [5.74, 6) is -0.784. The number of anilines is 1. The molecule has 0 saturated carbocycles. The fraction of sp³-hybridized carbons (Fsp3) is 0.333. The highest BCUT2D eigenvalue weighted by Crippen LogP contribution is 2.23. The Morgan fingerprint density at radius 2 is 1.71 bits per heavy atom. The fourth-order valence-electron chi connectivity index (χ4n) is 2.94. The summed E-state index contributed by atoms with van der Waals surface area (Å²) >= 11 is 6.71. The number of amides is 2. The summed E-state index contributed by atoms with van der Waals surface area (Å²) in [6.45, 7) is 3.60. The molecule has 2 aromatic rings. The molecule has 2 amide bonds. The number of hydrogen-bond acceptors (Lipinski definition) is 4. The molecule has 7 nitrogen and oxygen atoms in total. The molecule has 2 rings (SSSR count). The van der Waals surface area contributed by atoms with E-state index in [0.717, 1.165) is 20.6 Å². The van der Waals surface area contributed by atoms with Crippen LogP contribution in [0.25, 0.3) is 0 Å². The molecule has 0 aromatic heterocycles. The molecule has 0 heterocycles. The van der Waals surface area contributed by atoms with Gasteiger partial charge in [-0.15, -0.1) is 0 Å². The summed E-state index contributed by atoms with van der Waals surface area (Å²) in [4.78, 5) is 27.2. The number of likely N-dealkylation sites (N-methyl/N-ethyl adjacent to an activating group) is 1. The van der Waals surface area contributed by atoms with Gasteiger partial charge in [-0.2, -0.15) is 0 Å².